The van der Waals surface area contributed by atoms with Gasteiger partial charge in [-0.1, -0.05) is 0 Å². The van der Waals surface area contributed by atoms with Crippen molar-refractivity contribution in [2.24, 2.45) is 7.05 Å². The maximum absolute atomic E-state index is 10.3. The molecule has 0 bridgehead atoms. The third kappa shape index (κ3) is 3.18. The number of hydrogen-bond acceptors (Lipinski definition) is 6. The third-order valence-electron chi connectivity index (χ3n) is 2.82. The zero-order chi connectivity index (χ0) is 14.0. The van der Waals surface area contributed by atoms with E-state index in [1.165, 1.54) is 6.33 Å². The minimum Gasteiger partial charge on any atom is -0.387 e. The quantitative estimate of drug-likeness (QED) is 0.796. The summed E-state index contributed by atoms with van der Waals surface area (Å²) in [6, 6.07) is 0. The number of nitrogens with one attached hydrogen (secondary N) is 1. The topological polar surface area (TPSA) is 79.1 Å². The van der Waals surface area contributed by atoms with Gasteiger partial charge in [0.25, 0.3) is 0 Å². The van der Waals surface area contributed by atoms with Crippen molar-refractivity contribution in [2.45, 2.75) is 12.5 Å². The molecule has 0 saturated heterocycles. The SMILES string of the molecule is CN(C)CC(C)(O)CNc1ncnc2c1cnn2C. The predicted molar refractivity (Wildman–Crippen MR) is 74.0 cm³/mol. The van der Waals surface area contributed by atoms with Crippen LogP contribution < -0.4 is 5.32 Å². The van der Waals surface area contributed by atoms with E-state index in [1.54, 1.807) is 17.8 Å². The molecule has 0 aliphatic rings. The predicted octanol–water partition coefficient (Wildman–Crippen LogP) is 0.0878. The van der Waals surface area contributed by atoms with Gasteiger partial charge in [-0.3, -0.25) is 4.68 Å². The van der Waals surface area contributed by atoms with E-state index in [0.717, 1.165) is 11.0 Å². The molecule has 104 valence electrons. The molecule has 0 aromatic carbocycles. The second kappa shape index (κ2) is 5.10. The fraction of sp³-hybridized carbons (Fsp3) is 0.583. The minimum atomic E-state index is -0.830. The molecule has 0 amide bonds. The first-order valence-corrected chi connectivity index (χ1v) is 6.13. The summed E-state index contributed by atoms with van der Waals surface area (Å²) < 4.78 is 1.69. The fourth-order valence-corrected chi connectivity index (χ4v) is 2.11. The first-order valence-electron chi connectivity index (χ1n) is 6.13. The molecule has 0 aliphatic heterocycles. The van der Waals surface area contributed by atoms with Gasteiger partial charge in [0.1, 0.15) is 12.1 Å². The van der Waals surface area contributed by atoms with Gasteiger partial charge in [-0.2, -0.15) is 5.10 Å². The van der Waals surface area contributed by atoms with Crippen LogP contribution in [0, 0.1) is 0 Å². The summed E-state index contributed by atoms with van der Waals surface area (Å²) in [6.45, 7) is 2.77. The molecular formula is C12H20N6O. The smallest absolute Gasteiger partial charge is 0.163 e. The minimum absolute atomic E-state index is 0.409. The molecule has 2 rings (SSSR count). The van der Waals surface area contributed by atoms with Gasteiger partial charge < -0.3 is 15.3 Å². The van der Waals surface area contributed by atoms with E-state index in [9.17, 15) is 5.11 Å². The Labute approximate surface area is 112 Å². The lowest BCUT2D eigenvalue weighted by molar-refractivity contribution is 0.0459. The summed E-state index contributed by atoms with van der Waals surface area (Å²) in [7, 11) is 5.69. The highest BCUT2D eigenvalue weighted by Crippen LogP contribution is 2.18. The highest BCUT2D eigenvalue weighted by atomic mass is 16.3. The second-order valence-corrected chi connectivity index (χ2v) is 5.32. The van der Waals surface area contributed by atoms with Crippen molar-refractivity contribution < 1.29 is 5.11 Å². The van der Waals surface area contributed by atoms with Crippen LogP contribution in [0.4, 0.5) is 5.82 Å². The van der Waals surface area contributed by atoms with Crippen LogP contribution in [-0.4, -0.2) is 62.5 Å². The molecular weight excluding hydrogens is 244 g/mol. The molecule has 1 unspecified atom stereocenters. The molecule has 19 heavy (non-hydrogen) atoms. The Morgan fingerprint density at radius 2 is 2.16 bits per heavy atom. The van der Waals surface area contributed by atoms with E-state index in [-0.39, 0.29) is 0 Å². The second-order valence-electron chi connectivity index (χ2n) is 5.32. The number of aryl methyl sites for hydroxylation is 1. The van der Waals surface area contributed by atoms with Crippen molar-refractivity contribution in [2.75, 3.05) is 32.5 Å². The molecule has 2 N–H and O–H groups in total. The average Bonchev–Trinajstić information content (AvgIpc) is 2.68. The third-order valence-corrected chi connectivity index (χ3v) is 2.82. The van der Waals surface area contributed by atoms with E-state index in [4.69, 9.17) is 0 Å². The van der Waals surface area contributed by atoms with Gasteiger partial charge in [0.05, 0.1) is 17.2 Å². The van der Waals surface area contributed by atoms with Gasteiger partial charge in [0, 0.05) is 20.1 Å². The molecule has 2 aromatic heterocycles. The highest BCUT2D eigenvalue weighted by molar-refractivity contribution is 5.85. The Hall–Kier alpha value is -1.73. The van der Waals surface area contributed by atoms with Gasteiger partial charge in [-0.15, -0.1) is 0 Å². The summed E-state index contributed by atoms with van der Waals surface area (Å²) >= 11 is 0. The lowest BCUT2D eigenvalue weighted by atomic mass is 10.1. The molecule has 7 heteroatoms. The monoisotopic (exact) mass is 264 g/mol. The normalized spacial score (nSPS) is 14.8. The molecule has 0 radical (unpaired) electrons. The van der Waals surface area contributed by atoms with Crippen LogP contribution in [0.25, 0.3) is 11.0 Å². The largest absolute Gasteiger partial charge is 0.387 e. The van der Waals surface area contributed by atoms with Crippen molar-refractivity contribution in [3.63, 3.8) is 0 Å². The van der Waals surface area contributed by atoms with Gasteiger partial charge in [-0.25, -0.2) is 9.97 Å². The van der Waals surface area contributed by atoms with Crippen LogP contribution in [0.15, 0.2) is 12.5 Å². The van der Waals surface area contributed by atoms with E-state index in [2.05, 4.69) is 20.4 Å². The highest BCUT2D eigenvalue weighted by Gasteiger charge is 2.21. The van der Waals surface area contributed by atoms with Crippen LogP contribution in [0.3, 0.4) is 0 Å². The van der Waals surface area contributed by atoms with E-state index < -0.39 is 5.60 Å². The number of hydrogen-bond donors (Lipinski definition) is 2. The first-order chi connectivity index (χ1) is 8.89. The number of aliphatic hydroxyl groups is 1. The average molecular weight is 264 g/mol. The summed E-state index contributed by atoms with van der Waals surface area (Å²) in [5.41, 5.74) is -0.0621. The molecule has 0 fully saturated rings. The Kier molecular flexibility index (Phi) is 3.68. The zero-order valence-corrected chi connectivity index (χ0v) is 11.8. The Bertz CT molecular complexity index is 562. The van der Waals surface area contributed by atoms with Crippen LogP contribution >= 0.6 is 0 Å². The summed E-state index contributed by atoms with van der Waals surface area (Å²) in [5.74, 6) is 0.692. The Morgan fingerprint density at radius 1 is 1.42 bits per heavy atom. The molecule has 0 saturated carbocycles. The number of likely N-dealkylation sites (N-methyl/N-ethyl adjacent to an activating group) is 1. The maximum atomic E-state index is 10.3. The van der Waals surface area contributed by atoms with Crippen LogP contribution in [0.2, 0.25) is 0 Å². The summed E-state index contributed by atoms with van der Waals surface area (Å²) in [5, 5.41) is 18.4. The first kappa shape index (κ1) is 13.7. The van der Waals surface area contributed by atoms with Crippen LogP contribution in [-0.2, 0) is 7.05 Å². The van der Waals surface area contributed by atoms with Gasteiger partial charge >= 0.3 is 0 Å². The molecule has 1 atom stereocenters. The molecule has 0 spiro atoms. The van der Waals surface area contributed by atoms with Gasteiger partial charge in [0.2, 0.25) is 0 Å². The number of nitrogens with zero attached hydrogens (tertiary/aromatic N) is 5. The molecule has 2 heterocycles. The van der Waals surface area contributed by atoms with E-state index in [1.807, 2.05) is 26.0 Å². The Balaban J connectivity index is 2.14. The number of fused-ring (bicyclic) bond motifs is 1. The lowest BCUT2D eigenvalue weighted by Gasteiger charge is -2.27. The van der Waals surface area contributed by atoms with Gasteiger partial charge in [-0.05, 0) is 21.0 Å². The van der Waals surface area contributed by atoms with Crippen LogP contribution in [0.5, 0.6) is 0 Å². The van der Waals surface area contributed by atoms with E-state index >= 15 is 0 Å². The lowest BCUT2D eigenvalue weighted by Crippen LogP contribution is -2.43. The number of aromatic nitrogens is 4. The van der Waals surface area contributed by atoms with Gasteiger partial charge in [0.15, 0.2) is 5.65 Å². The van der Waals surface area contributed by atoms with E-state index in [0.29, 0.717) is 18.9 Å². The van der Waals surface area contributed by atoms with Crippen molar-refractivity contribution in [1.29, 1.82) is 0 Å². The maximum Gasteiger partial charge on any atom is 0.163 e. The van der Waals surface area contributed by atoms with Crippen molar-refractivity contribution >= 4 is 16.9 Å². The molecule has 7 nitrogen and oxygen atoms in total. The number of rotatable bonds is 5. The van der Waals surface area contributed by atoms with Crippen LogP contribution in [0.1, 0.15) is 6.92 Å². The zero-order valence-electron chi connectivity index (χ0n) is 11.8. The standard InChI is InChI=1S/C12H20N6O/c1-12(19,7-17(2)3)6-13-10-9-5-16-18(4)11(9)15-8-14-10/h5,8,19H,6-7H2,1-4H3,(H,13,14,15). The summed E-state index contributed by atoms with van der Waals surface area (Å²) in [6.07, 6.45) is 3.21. The molecule has 2 aromatic rings. The molecule has 0 aliphatic carbocycles. The van der Waals surface area contributed by atoms with Crippen molar-refractivity contribution in [1.82, 2.24) is 24.6 Å². The van der Waals surface area contributed by atoms with Crippen molar-refractivity contribution in [3.8, 4) is 0 Å². The summed E-state index contributed by atoms with van der Waals surface area (Å²) in [4.78, 5) is 10.3. The fourth-order valence-electron chi connectivity index (χ4n) is 2.11. The Morgan fingerprint density at radius 3 is 2.84 bits per heavy atom. The van der Waals surface area contributed by atoms with Crippen molar-refractivity contribution in [3.05, 3.63) is 12.5 Å². The number of anilines is 1.